The minimum Gasteiger partial charge on any atom is -0.392 e. The van der Waals surface area contributed by atoms with Crippen molar-refractivity contribution in [2.75, 3.05) is 6.54 Å². The molecule has 1 amide bonds. The topological polar surface area (TPSA) is 75.3 Å². The predicted molar refractivity (Wildman–Crippen MR) is 59.2 cm³/mol. The average Bonchev–Trinajstić information content (AvgIpc) is 2.14. The summed E-state index contributed by atoms with van der Waals surface area (Å²) in [5, 5.41) is 12.5. The highest BCUT2D eigenvalue weighted by molar-refractivity contribution is 5.79. The van der Waals surface area contributed by atoms with Gasteiger partial charge in [0.05, 0.1) is 12.0 Å². The summed E-state index contributed by atoms with van der Waals surface area (Å²) in [6, 6.07) is 0. The molecule has 4 heteroatoms. The number of hydrogen-bond acceptors (Lipinski definition) is 3. The molecule has 2 unspecified atom stereocenters. The zero-order chi connectivity index (χ0) is 11.5. The Kier molecular flexibility index (Phi) is 4.11. The van der Waals surface area contributed by atoms with Crippen molar-refractivity contribution in [3.8, 4) is 0 Å². The molecule has 0 radical (unpaired) electrons. The molecule has 0 aromatic rings. The maximum atomic E-state index is 11.7. The molecule has 0 heterocycles. The first kappa shape index (κ1) is 12.5. The van der Waals surface area contributed by atoms with Gasteiger partial charge in [0.1, 0.15) is 0 Å². The lowest BCUT2D eigenvalue weighted by molar-refractivity contribution is -0.130. The molecule has 4 nitrogen and oxygen atoms in total. The summed E-state index contributed by atoms with van der Waals surface area (Å²) >= 11 is 0. The molecule has 1 rings (SSSR count). The molecular formula is C11H22N2O2. The molecule has 0 aliphatic heterocycles. The Labute approximate surface area is 91.2 Å². The van der Waals surface area contributed by atoms with Gasteiger partial charge in [-0.1, -0.05) is 12.8 Å². The lowest BCUT2D eigenvalue weighted by Crippen LogP contribution is -2.48. The molecule has 1 aliphatic rings. The molecule has 88 valence electrons. The fourth-order valence-electron chi connectivity index (χ4n) is 1.86. The van der Waals surface area contributed by atoms with Crippen LogP contribution in [-0.4, -0.2) is 29.2 Å². The minimum absolute atomic E-state index is 0.0549. The number of aliphatic hydroxyl groups excluding tert-OH is 1. The fourth-order valence-corrected chi connectivity index (χ4v) is 1.86. The van der Waals surface area contributed by atoms with Crippen LogP contribution in [0.5, 0.6) is 0 Å². The van der Waals surface area contributed by atoms with Gasteiger partial charge in [0, 0.05) is 12.1 Å². The molecule has 1 fully saturated rings. The van der Waals surface area contributed by atoms with Gasteiger partial charge in [-0.3, -0.25) is 4.79 Å². The number of nitrogens with two attached hydrogens (primary N) is 1. The third-order valence-corrected chi connectivity index (χ3v) is 2.78. The molecule has 1 saturated carbocycles. The second-order valence-corrected chi connectivity index (χ2v) is 5.16. The normalized spacial score (nSPS) is 27.5. The highest BCUT2D eigenvalue weighted by atomic mass is 16.3. The van der Waals surface area contributed by atoms with Gasteiger partial charge >= 0.3 is 0 Å². The Bertz CT molecular complexity index is 223. The molecule has 0 saturated heterocycles. The number of aliphatic hydroxyl groups is 1. The van der Waals surface area contributed by atoms with Gasteiger partial charge in [0.15, 0.2) is 0 Å². The summed E-state index contributed by atoms with van der Waals surface area (Å²) in [6.07, 6.45) is 3.11. The molecule has 2 atom stereocenters. The Morgan fingerprint density at radius 2 is 2.07 bits per heavy atom. The number of rotatable bonds is 3. The number of nitrogens with one attached hydrogen (secondary N) is 1. The van der Waals surface area contributed by atoms with E-state index < -0.39 is 11.6 Å². The van der Waals surface area contributed by atoms with Gasteiger partial charge in [0.25, 0.3) is 0 Å². The monoisotopic (exact) mass is 214 g/mol. The van der Waals surface area contributed by atoms with E-state index in [-0.39, 0.29) is 11.8 Å². The van der Waals surface area contributed by atoms with Gasteiger partial charge < -0.3 is 16.2 Å². The number of amides is 1. The minimum atomic E-state index is -0.473. The van der Waals surface area contributed by atoms with Crippen LogP contribution in [0.1, 0.15) is 39.5 Å². The molecule has 0 aromatic heterocycles. The van der Waals surface area contributed by atoms with Gasteiger partial charge in [-0.05, 0) is 26.7 Å². The van der Waals surface area contributed by atoms with E-state index in [9.17, 15) is 9.90 Å². The van der Waals surface area contributed by atoms with Gasteiger partial charge in [-0.25, -0.2) is 0 Å². The second kappa shape index (κ2) is 4.94. The van der Waals surface area contributed by atoms with Crippen LogP contribution in [0.25, 0.3) is 0 Å². The Balaban J connectivity index is 2.39. The largest absolute Gasteiger partial charge is 0.392 e. The quantitative estimate of drug-likeness (QED) is 0.636. The first-order valence-corrected chi connectivity index (χ1v) is 5.65. The van der Waals surface area contributed by atoms with Gasteiger partial charge in [0.2, 0.25) is 5.91 Å². The van der Waals surface area contributed by atoms with E-state index in [1.165, 1.54) is 0 Å². The van der Waals surface area contributed by atoms with Crippen LogP contribution in [0.4, 0.5) is 0 Å². The van der Waals surface area contributed by atoms with Crippen molar-refractivity contribution in [2.45, 2.75) is 51.2 Å². The van der Waals surface area contributed by atoms with Crippen molar-refractivity contribution in [2.24, 2.45) is 11.7 Å². The summed E-state index contributed by atoms with van der Waals surface area (Å²) < 4.78 is 0. The van der Waals surface area contributed by atoms with Crippen molar-refractivity contribution in [3.63, 3.8) is 0 Å². The lowest BCUT2D eigenvalue weighted by atomic mass is 9.86. The summed E-state index contributed by atoms with van der Waals surface area (Å²) in [6.45, 7) is 4.18. The Morgan fingerprint density at radius 3 is 2.60 bits per heavy atom. The lowest BCUT2D eigenvalue weighted by Gasteiger charge is -2.28. The molecule has 15 heavy (non-hydrogen) atoms. The Morgan fingerprint density at radius 1 is 1.47 bits per heavy atom. The summed E-state index contributed by atoms with van der Waals surface area (Å²) in [7, 11) is 0. The van der Waals surface area contributed by atoms with Gasteiger partial charge in [-0.15, -0.1) is 0 Å². The van der Waals surface area contributed by atoms with Crippen LogP contribution in [0.3, 0.4) is 0 Å². The highest BCUT2D eigenvalue weighted by Crippen LogP contribution is 2.24. The van der Waals surface area contributed by atoms with E-state index >= 15 is 0 Å². The van der Waals surface area contributed by atoms with Crippen LogP contribution in [-0.2, 0) is 4.79 Å². The smallest absolute Gasteiger partial charge is 0.225 e. The zero-order valence-electron chi connectivity index (χ0n) is 9.62. The summed E-state index contributed by atoms with van der Waals surface area (Å²) in [4.78, 5) is 11.7. The van der Waals surface area contributed by atoms with Crippen LogP contribution < -0.4 is 11.1 Å². The summed E-state index contributed by atoms with van der Waals surface area (Å²) in [5.41, 5.74) is 5.38. The molecular weight excluding hydrogens is 192 g/mol. The average molecular weight is 214 g/mol. The van der Waals surface area contributed by atoms with E-state index in [1.54, 1.807) is 0 Å². The highest BCUT2D eigenvalue weighted by Gasteiger charge is 2.29. The second-order valence-electron chi connectivity index (χ2n) is 5.16. The number of hydrogen-bond donors (Lipinski definition) is 3. The first-order valence-electron chi connectivity index (χ1n) is 5.65. The van der Waals surface area contributed by atoms with Crippen molar-refractivity contribution in [3.05, 3.63) is 0 Å². The van der Waals surface area contributed by atoms with Crippen LogP contribution in [0.15, 0.2) is 0 Å². The number of carbonyl (C=O) groups is 1. The van der Waals surface area contributed by atoms with E-state index in [0.717, 1.165) is 25.7 Å². The summed E-state index contributed by atoms with van der Waals surface area (Å²) in [5.74, 6) is -0.290. The van der Waals surface area contributed by atoms with Crippen molar-refractivity contribution < 1.29 is 9.90 Å². The fraction of sp³-hybridized carbons (Fsp3) is 0.909. The molecule has 4 N–H and O–H groups in total. The van der Waals surface area contributed by atoms with Crippen LogP contribution in [0.2, 0.25) is 0 Å². The first-order chi connectivity index (χ1) is 6.90. The molecule has 0 aromatic carbocycles. The SMILES string of the molecule is CC(C)(N)CNC(=O)C1CCCCC1O. The molecule has 0 bridgehead atoms. The van der Waals surface area contributed by atoms with E-state index in [2.05, 4.69) is 5.32 Å². The molecule has 0 spiro atoms. The van der Waals surface area contributed by atoms with Crippen LogP contribution in [0, 0.1) is 5.92 Å². The van der Waals surface area contributed by atoms with Crippen molar-refractivity contribution in [1.29, 1.82) is 0 Å². The van der Waals surface area contributed by atoms with E-state index in [1.807, 2.05) is 13.8 Å². The number of carbonyl (C=O) groups excluding carboxylic acids is 1. The van der Waals surface area contributed by atoms with Gasteiger partial charge in [-0.2, -0.15) is 0 Å². The van der Waals surface area contributed by atoms with E-state index in [0.29, 0.717) is 6.54 Å². The van der Waals surface area contributed by atoms with Crippen molar-refractivity contribution >= 4 is 5.91 Å². The van der Waals surface area contributed by atoms with Crippen LogP contribution >= 0.6 is 0 Å². The van der Waals surface area contributed by atoms with Crippen molar-refractivity contribution in [1.82, 2.24) is 5.32 Å². The third-order valence-electron chi connectivity index (χ3n) is 2.78. The predicted octanol–water partition coefficient (Wildman–Crippen LogP) is 0.391. The maximum absolute atomic E-state index is 11.7. The zero-order valence-corrected chi connectivity index (χ0v) is 9.62. The Hall–Kier alpha value is -0.610. The third kappa shape index (κ3) is 4.18. The van der Waals surface area contributed by atoms with E-state index in [4.69, 9.17) is 5.73 Å². The molecule has 1 aliphatic carbocycles. The standard InChI is InChI=1S/C11H22N2O2/c1-11(2,12)7-13-10(15)8-5-3-4-6-9(8)14/h8-9,14H,3-7,12H2,1-2H3,(H,13,15). The maximum Gasteiger partial charge on any atom is 0.225 e.